The van der Waals surface area contributed by atoms with Crippen LogP contribution in [0.1, 0.15) is 37.5 Å². The number of fused-ring (bicyclic) bond motifs is 3. The van der Waals surface area contributed by atoms with Gasteiger partial charge in [-0.1, -0.05) is 74.8 Å². The normalized spacial score (nSPS) is 12.0. The molecule has 0 aliphatic carbocycles. The molecule has 4 nitrogen and oxygen atoms in total. The van der Waals surface area contributed by atoms with Crippen molar-refractivity contribution in [3.63, 3.8) is 0 Å². The van der Waals surface area contributed by atoms with Gasteiger partial charge < -0.3 is 4.57 Å². The summed E-state index contributed by atoms with van der Waals surface area (Å²) in [5.41, 5.74) is 4.72. The summed E-state index contributed by atoms with van der Waals surface area (Å²) in [4.78, 5) is 18.2. The highest BCUT2D eigenvalue weighted by Crippen LogP contribution is 2.28. The first kappa shape index (κ1) is 22.4. The van der Waals surface area contributed by atoms with Gasteiger partial charge in [0.2, 0.25) is 0 Å². The Morgan fingerprint density at radius 2 is 1.71 bits per heavy atom. The Kier molecular flexibility index (Phi) is 5.53. The Morgan fingerprint density at radius 3 is 2.41 bits per heavy atom. The summed E-state index contributed by atoms with van der Waals surface area (Å²) in [5.74, 6) is -0.358. The summed E-state index contributed by atoms with van der Waals surface area (Å²) in [5, 5.41) is 1.22. The predicted molar refractivity (Wildman–Crippen MR) is 136 cm³/mol. The molecule has 0 fully saturated rings. The number of halogens is 2. The van der Waals surface area contributed by atoms with E-state index in [0.717, 1.165) is 16.6 Å². The lowest BCUT2D eigenvalue weighted by molar-refractivity contribution is 0.590. The molecular formula is C28H25ClFN3O. The van der Waals surface area contributed by atoms with Gasteiger partial charge in [0.1, 0.15) is 16.9 Å². The molecule has 0 aliphatic rings. The average Bonchev–Trinajstić information content (AvgIpc) is 3.10. The van der Waals surface area contributed by atoms with Gasteiger partial charge in [-0.15, -0.1) is 0 Å². The zero-order valence-corrected chi connectivity index (χ0v) is 20.1. The Hall–Kier alpha value is -3.44. The minimum Gasteiger partial charge on any atom is -0.330 e. The lowest BCUT2D eigenvalue weighted by Crippen LogP contribution is -2.23. The average molecular weight is 474 g/mol. The van der Waals surface area contributed by atoms with E-state index in [1.165, 1.54) is 24.0 Å². The van der Waals surface area contributed by atoms with Crippen LogP contribution in [-0.4, -0.2) is 14.1 Å². The van der Waals surface area contributed by atoms with Crippen LogP contribution in [0.15, 0.2) is 77.9 Å². The molecule has 5 aromatic rings. The maximum atomic E-state index is 14.1. The van der Waals surface area contributed by atoms with Crippen LogP contribution >= 0.6 is 11.6 Å². The summed E-state index contributed by atoms with van der Waals surface area (Å²) in [7, 11) is 0. The quantitative estimate of drug-likeness (QED) is 0.297. The molecule has 2 aromatic heterocycles. The highest BCUT2D eigenvalue weighted by atomic mass is 35.5. The van der Waals surface area contributed by atoms with Gasteiger partial charge >= 0.3 is 0 Å². The number of benzene rings is 3. The number of hydrogen-bond donors (Lipinski definition) is 0. The van der Waals surface area contributed by atoms with E-state index in [-0.39, 0.29) is 16.8 Å². The fourth-order valence-electron chi connectivity index (χ4n) is 4.35. The van der Waals surface area contributed by atoms with Gasteiger partial charge in [-0.2, -0.15) is 0 Å². The number of rotatable bonds is 4. The topological polar surface area (TPSA) is 39.8 Å². The van der Waals surface area contributed by atoms with Crippen LogP contribution in [0.5, 0.6) is 0 Å². The molecule has 0 atom stereocenters. The van der Waals surface area contributed by atoms with Gasteiger partial charge in [-0.3, -0.25) is 9.36 Å². The van der Waals surface area contributed by atoms with E-state index in [1.807, 2.05) is 22.8 Å². The molecule has 172 valence electrons. The second-order valence-electron chi connectivity index (χ2n) is 9.66. The first-order valence-electron chi connectivity index (χ1n) is 11.2. The second kappa shape index (κ2) is 8.41. The molecule has 0 bridgehead atoms. The summed E-state index contributed by atoms with van der Waals surface area (Å²) in [6.07, 6.45) is 1.51. The maximum Gasteiger partial charge on any atom is 0.278 e. The van der Waals surface area contributed by atoms with Gasteiger partial charge in [-0.25, -0.2) is 9.37 Å². The second-order valence-corrected chi connectivity index (χ2v) is 10.1. The highest BCUT2D eigenvalue weighted by Gasteiger charge is 2.19. The van der Waals surface area contributed by atoms with Crippen molar-refractivity contribution in [3.05, 3.63) is 111 Å². The van der Waals surface area contributed by atoms with Crippen molar-refractivity contribution in [1.82, 2.24) is 14.1 Å². The molecule has 2 heterocycles. The zero-order chi connectivity index (χ0) is 24.0. The minimum absolute atomic E-state index is 0.0548. The Balaban J connectivity index is 1.67. The van der Waals surface area contributed by atoms with E-state index >= 15 is 0 Å². The number of hydrogen-bond acceptors (Lipinski definition) is 2. The highest BCUT2D eigenvalue weighted by molar-refractivity contribution is 6.31. The first-order chi connectivity index (χ1) is 16.2. The molecule has 0 saturated heterocycles. The molecule has 3 aromatic carbocycles. The van der Waals surface area contributed by atoms with Gasteiger partial charge in [-0.05, 0) is 46.4 Å². The molecule has 0 unspecified atom stereocenters. The Bertz CT molecular complexity index is 1580. The molecule has 0 spiro atoms. The van der Waals surface area contributed by atoms with Crippen LogP contribution < -0.4 is 5.56 Å². The molecule has 0 N–H and O–H groups in total. The minimum atomic E-state index is -0.358. The van der Waals surface area contributed by atoms with E-state index in [4.69, 9.17) is 11.6 Å². The van der Waals surface area contributed by atoms with Gasteiger partial charge in [0.25, 0.3) is 5.56 Å². The monoisotopic (exact) mass is 473 g/mol. The lowest BCUT2D eigenvalue weighted by atomic mass is 9.87. The summed E-state index contributed by atoms with van der Waals surface area (Å²) in [6.45, 7) is 7.31. The van der Waals surface area contributed by atoms with Gasteiger partial charge in [0.05, 0.1) is 18.4 Å². The fraction of sp³-hybridized carbons (Fsp3) is 0.214. The molecule has 0 radical (unpaired) electrons. The van der Waals surface area contributed by atoms with Gasteiger partial charge in [0.15, 0.2) is 0 Å². The Labute approximate surface area is 202 Å². The zero-order valence-electron chi connectivity index (χ0n) is 19.3. The van der Waals surface area contributed by atoms with Crippen LogP contribution in [0, 0.1) is 5.82 Å². The fourth-order valence-corrected chi connectivity index (χ4v) is 4.55. The Morgan fingerprint density at radius 1 is 0.971 bits per heavy atom. The molecule has 6 heteroatoms. The van der Waals surface area contributed by atoms with Crippen molar-refractivity contribution in [2.24, 2.45) is 0 Å². The van der Waals surface area contributed by atoms with Crippen molar-refractivity contribution in [2.45, 2.75) is 39.3 Å². The largest absolute Gasteiger partial charge is 0.330 e. The summed E-state index contributed by atoms with van der Waals surface area (Å²) in [6, 6.07) is 20.4. The van der Waals surface area contributed by atoms with E-state index in [1.54, 1.807) is 16.7 Å². The van der Waals surface area contributed by atoms with Crippen LogP contribution in [0.3, 0.4) is 0 Å². The molecule has 5 rings (SSSR count). The molecule has 0 aliphatic heterocycles. The van der Waals surface area contributed by atoms with Crippen LogP contribution in [0.25, 0.3) is 21.9 Å². The van der Waals surface area contributed by atoms with E-state index in [2.05, 4.69) is 50.0 Å². The number of aromatic nitrogens is 3. The van der Waals surface area contributed by atoms with Crippen molar-refractivity contribution in [3.8, 4) is 0 Å². The van der Waals surface area contributed by atoms with E-state index in [0.29, 0.717) is 34.5 Å². The van der Waals surface area contributed by atoms with Gasteiger partial charge in [0, 0.05) is 17.0 Å². The molecule has 34 heavy (non-hydrogen) atoms. The molecular weight excluding hydrogens is 449 g/mol. The first-order valence-corrected chi connectivity index (χ1v) is 11.6. The molecule has 0 amide bonds. The third-order valence-corrected chi connectivity index (χ3v) is 6.62. The van der Waals surface area contributed by atoms with Crippen molar-refractivity contribution < 1.29 is 4.39 Å². The maximum absolute atomic E-state index is 14.1. The molecule has 0 saturated carbocycles. The van der Waals surface area contributed by atoms with Crippen molar-refractivity contribution >= 4 is 33.5 Å². The third-order valence-electron chi connectivity index (χ3n) is 6.25. The standard InChI is InChI=1S/C28H25ClFN3O/c1-28(2,3)20-10-8-18(9-11-20)15-33-24-13-12-21(30)14-22(24)25-26(33)27(34)32(17-31-25)16-19-6-4-5-7-23(19)29/h4-14,17H,15-16H2,1-3H3. The third kappa shape index (κ3) is 4.01. The summed E-state index contributed by atoms with van der Waals surface area (Å²) < 4.78 is 17.6. The van der Waals surface area contributed by atoms with E-state index < -0.39 is 0 Å². The predicted octanol–water partition coefficient (Wildman–Crippen LogP) is 6.54. The lowest BCUT2D eigenvalue weighted by Gasteiger charge is -2.19. The SMILES string of the molecule is CC(C)(C)c1ccc(Cn2c3ccc(F)cc3c3ncn(Cc4ccccc4Cl)c(=O)c32)cc1. The van der Waals surface area contributed by atoms with Crippen LogP contribution in [-0.2, 0) is 18.5 Å². The van der Waals surface area contributed by atoms with Crippen LogP contribution in [0.4, 0.5) is 4.39 Å². The smallest absolute Gasteiger partial charge is 0.278 e. The van der Waals surface area contributed by atoms with E-state index in [9.17, 15) is 9.18 Å². The summed E-state index contributed by atoms with van der Waals surface area (Å²) >= 11 is 6.33. The number of nitrogens with zero attached hydrogens (tertiary/aromatic N) is 3. The van der Waals surface area contributed by atoms with Crippen molar-refractivity contribution in [2.75, 3.05) is 0 Å². The van der Waals surface area contributed by atoms with Crippen molar-refractivity contribution in [1.29, 1.82) is 0 Å². The van der Waals surface area contributed by atoms with Crippen LogP contribution in [0.2, 0.25) is 5.02 Å².